The minimum atomic E-state index is -4.60. The van der Waals surface area contributed by atoms with Crippen LogP contribution in [0.3, 0.4) is 0 Å². The Balaban J connectivity index is 2.04. The van der Waals surface area contributed by atoms with Crippen LogP contribution in [0.15, 0.2) is 30.7 Å². The molecule has 0 bridgehead atoms. The fourth-order valence-electron chi connectivity index (χ4n) is 1.70. The second-order valence-electron chi connectivity index (χ2n) is 4.80. The summed E-state index contributed by atoms with van der Waals surface area (Å²) < 4.78 is 64.3. The van der Waals surface area contributed by atoms with Crippen molar-refractivity contribution < 1.29 is 26.7 Å². The minimum absolute atomic E-state index is 0.0113. The molecule has 2 aromatic rings. The molecule has 5 nitrogen and oxygen atoms in total. The van der Waals surface area contributed by atoms with E-state index in [4.69, 9.17) is 0 Å². The molecule has 0 aliphatic heterocycles. The molecule has 2 aromatic heterocycles. The number of aromatic nitrogens is 3. The highest BCUT2D eigenvalue weighted by molar-refractivity contribution is 5.90. The molecule has 0 fully saturated rings. The maximum absolute atomic E-state index is 13.2. The Bertz CT molecular complexity index is 705. The first-order valence-electron chi connectivity index (χ1n) is 6.29. The molecule has 0 saturated heterocycles. The number of alkyl halides is 5. The first-order chi connectivity index (χ1) is 10.6. The van der Waals surface area contributed by atoms with Crippen molar-refractivity contribution in [2.75, 3.05) is 5.32 Å². The van der Waals surface area contributed by atoms with Crippen molar-refractivity contribution in [3.8, 4) is 0 Å². The lowest BCUT2D eigenvalue weighted by molar-refractivity contribution is -0.141. The molecular formula is C13H11F5N4O. The highest BCUT2D eigenvalue weighted by Gasteiger charge is 2.33. The number of halogens is 5. The highest BCUT2D eigenvalue weighted by Crippen LogP contribution is 2.28. The van der Waals surface area contributed by atoms with E-state index in [-0.39, 0.29) is 5.69 Å². The summed E-state index contributed by atoms with van der Waals surface area (Å²) in [6, 6.07) is 1.77. The van der Waals surface area contributed by atoms with Crippen LogP contribution in [0.4, 0.5) is 27.6 Å². The minimum Gasteiger partial charge on any atom is -0.323 e. The van der Waals surface area contributed by atoms with Gasteiger partial charge in [0.15, 0.2) is 5.69 Å². The molecule has 0 saturated carbocycles. The molecule has 0 unspecified atom stereocenters. The van der Waals surface area contributed by atoms with Gasteiger partial charge in [0, 0.05) is 24.9 Å². The second-order valence-corrected chi connectivity index (χ2v) is 4.80. The lowest BCUT2D eigenvalue weighted by Gasteiger charge is -2.12. The van der Waals surface area contributed by atoms with Gasteiger partial charge in [-0.15, -0.1) is 0 Å². The van der Waals surface area contributed by atoms with E-state index in [9.17, 15) is 26.7 Å². The number of nitrogens with one attached hydrogen (secondary N) is 1. The monoisotopic (exact) mass is 334 g/mol. The molecule has 23 heavy (non-hydrogen) atoms. The number of rotatable bonds is 4. The van der Waals surface area contributed by atoms with Crippen LogP contribution in [0.2, 0.25) is 0 Å². The van der Waals surface area contributed by atoms with Crippen molar-refractivity contribution in [2.45, 2.75) is 25.6 Å². The average molecular weight is 334 g/mol. The average Bonchev–Trinajstić information content (AvgIpc) is 2.86. The fraction of sp³-hybridized carbons (Fsp3) is 0.308. The molecular weight excluding hydrogens is 323 g/mol. The van der Waals surface area contributed by atoms with E-state index in [1.165, 1.54) is 0 Å². The molecule has 124 valence electrons. The Kier molecular flexibility index (Phi) is 4.35. The highest BCUT2D eigenvalue weighted by atomic mass is 19.4. The molecule has 0 aromatic carbocycles. The van der Waals surface area contributed by atoms with E-state index >= 15 is 0 Å². The van der Waals surface area contributed by atoms with Gasteiger partial charge < -0.3 is 5.32 Å². The number of carbonyl (C=O) groups excluding carboxylic acids is 1. The Labute approximate surface area is 127 Å². The molecule has 2 rings (SSSR count). The Hall–Kier alpha value is -2.52. The number of carbonyl (C=O) groups is 1. The summed E-state index contributed by atoms with van der Waals surface area (Å²) in [6.45, 7) is 0.181. The second kappa shape index (κ2) is 5.94. The Morgan fingerprint density at radius 2 is 1.96 bits per heavy atom. The van der Waals surface area contributed by atoms with Crippen LogP contribution in [-0.4, -0.2) is 20.7 Å². The summed E-state index contributed by atoms with van der Waals surface area (Å²) in [5.41, 5.74) is -1.51. The smallest absolute Gasteiger partial charge is 0.323 e. The molecule has 0 atom stereocenters. The van der Waals surface area contributed by atoms with Crippen LogP contribution in [0.1, 0.15) is 18.2 Å². The third kappa shape index (κ3) is 4.47. The molecule has 10 heteroatoms. The maximum atomic E-state index is 13.2. The fourth-order valence-corrected chi connectivity index (χ4v) is 1.70. The third-order valence-corrected chi connectivity index (χ3v) is 2.77. The standard InChI is InChI=1S/C13H11F5N4O/c1-12(14,15)8-4-9(6-19-5-8)20-11(23)7-22-3-2-10(21-22)13(16,17)18/h2-6H,7H2,1H3,(H,20,23). The number of amides is 1. The van der Waals surface area contributed by atoms with Crippen LogP contribution >= 0.6 is 0 Å². The summed E-state index contributed by atoms with van der Waals surface area (Å²) in [7, 11) is 0. The lowest BCUT2D eigenvalue weighted by Crippen LogP contribution is -2.20. The van der Waals surface area contributed by atoms with Crippen LogP contribution < -0.4 is 5.32 Å². The summed E-state index contributed by atoms with van der Waals surface area (Å²) >= 11 is 0. The van der Waals surface area contributed by atoms with E-state index in [0.29, 0.717) is 6.92 Å². The van der Waals surface area contributed by atoms with Crippen molar-refractivity contribution in [1.29, 1.82) is 0 Å². The van der Waals surface area contributed by atoms with Crippen LogP contribution in [-0.2, 0) is 23.4 Å². The van der Waals surface area contributed by atoms with E-state index in [2.05, 4.69) is 15.4 Å². The van der Waals surface area contributed by atoms with Gasteiger partial charge in [-0.3, -0.25) is 14.5 Å². The van der Waals surface area contributed by atoms with Crippen molar-refractivity contribution in [1.82, 2.24) is 14.8 Å². The number of anilines is 1. The Morgan fingerprint density at radius 3 is 2.52 bits per heavy atom. The normalized spacial score (nSPS) is 12.3. The molecule has 0 aliphatic rings. The van der Waals surface area contributed by atoms with Gasteiger partial charge in [-0.2, -0.15) is 18.3 Å². The van der Waals surface area contributed by atoms with Gasteiger partial charge in [0.1, 0.15) is 6.54 Å². The zero-order valence-electron chi connectivity index (χ0n) is 11.7. The maximum Gasteiger partial charge on any atom is 0.435 e. The van der Waals surface area contributed by atoms with Gasteiger partial charge >= 0.3 is 6.18 Å². The van der Waals surface area contributed by atoms with Crippen LogP contribution in [0.5, 0.6) is 0 Å². The number of nitrogens with zero attached hydrogens (tertiary/aromatic N) is 3. The van der Waals surface area contributed by atoms with Crippen molar-refractivity contribution in [3.63, 3.8) is 0 Å². The third-order valence-electron chi connectivity index (χ3n) is 2.77. The SMILES string of the molecule is CC(F)(F)c1cncc(NC(=O)Cn2ccc(C(F)(F)F)n2)c1. The van der Waals surface area contributed by atoms with Crippen LogP contribution in [0.25, 0.3) is 0 Å². The number of hydrogen-bond acceptors (Lipinski definition) is 3. The molecule has 1 amide bonds. The first kappa shape index (κ1) is 16.8. The molecule has 0 spiro atoms. The van der Waals surface area contributed by atoms with Gasteiger partial charge in [-0.05, 0) is 12.1 Å². The van der Waals surface area contributed by atoms with Gasteiger partial charge in [-0.25, -0.2) is 8.78 Å². The van der Waals surface area contributed by atoms with Crippen molar-refractivity contribution in [3.05, 3.63) is 42.0 Å². The number of hydrogen-bond donors (Lipinski definition) is 1. The van der Waals surface area contributed by atoms with Gasteiger partial charge in [0.05, 0.1) is 11.9 Å². The zero-order chi connectivity index (χ0) is 17.3. The summed E-state index contributed by atoms with van der Waals surface area (Å²) in [6.07, 6.45) is -1.50. The van der Waals surface area contributed by atoms with E-state index in [0.717, 1.165) is 35.4 Å². The topological polar surface area (TPSA) is 59.8 Å². The molecule has 2 heterocycles. The predicted molar refractivity (Wildman–Crippen MR) is 69.7 cm³/mol. The summed E-state index contributed by atoms with van der Waals surface area (Å²) in [5, 5.41) is 5.49. The Morgan fingerprint density at radius 1 is 1.26 bits per heavy atom. The van der Waals surface area contributed by atoms with E-state index in [1.807, 2.05) is 0 Å². The summed E-state index contributed by atoms with van der Waals surface area (Å²) in [4.78, 5) is 15.3. The van der Waals surface area contributed by atoms with Gasteiger partial charge in [0.25, 0.3) is 5.92 Å². The van der Waals surface area contributed by atoms with Crippen molar-refractivity contribution in [2.24, 2.45) is 0 Å². The quantitative estimate of drug-likeness (QED) is 0.875. The van der Waals surface area contributed by atoms with Crippen LogP contribution in [0, 0.1) is 0 Å². The molecule has 0 radical (unpaired) electrons. The van der Waals surface area contributed by atoms with Crippen molar-refractivity contribution >= 4 is 11.6 Å². The number of pyridine rings is 1. The van der Waals surface area contributed by atoms with Gasteiger partial charge in [-0.1, -0.05) is 0 Å². The van der Waals surface area contributed by atoms with Gasteiger partial charge in [0.2, 0.25) is 5.91 Å². The summed E-state index contributed by atoms with van der Waals surface area (Å²) in [5.74, 6) is -3.85. The zero-order valence-corrected chi connectivity index (χ0v) is 11.7. The van der Waals surface area contributed by atoms with E-state index in [1.54, 1.807) is 0 Å². The molecule has 1 N–H and O–H groups in total. The molecule has 0 aliphatic carbocycles. The van der Waals surface area contributed by atoms with E-state index < -0.39 is 35.8 Å². The lowest BCUT2D eigenvalue weighted by atomic mass is 10.1. The predicted octanol–water partition coefficient (Wildman–Crippen LogP) is 3.05. The largest absolute Gasteiger partial charge is 0.435 e. The first-order valence-corrected chi connectivity index (χ1v) is 6.29.